The average molecular weight is 356 g/mol. The van der Waals surface area contributed by atoms with Gasteiger partial charge < -0.3 is 14.4 Å². The Morgan fingerprint density at radius 2 is 2.08 bits per heavy atom. The van der Waals surface area contributed by atoms with Crippen molar-refractivity contribution >= 4 is 12.1 Å². The number of carbonyl (C=O) groups is 2. The molecule has 0 unspecified atom stereocenters. The van der Waals surface area contributed by atoms with E-state index in [1.807, 2.05) is 30.3 Å². The second-order valence-corrected chi connectivity index (χ2v) is 5.46. The number of esters is 1. The molecular weight excluding hydrogens is 336 g/mol. The minimum atomic E-state index is -0.496. The Hall–Kier alpha value is -3.25. The molecule has 2 rings (SSSR count). The van der Waals surface area contributed by atoms with Gasteiger partial charge in [0, 0.05) is 29.8 Å². The molecule has 0 saturated carbocycles. The summed E-state index contributed by atoms with van der Waals surface area (Å²) < 4.78 is 10.2. The third-order valence-electron chi connectivity index (χ3n) is 3.69. The number of nitrogens with zero attached hydrogens (tertiary/aromatic N) is 4. The van der Waals surface area contributed by atoms with Crippen LogP contribution in [0.2, 0.25) is 0 Å². The Morgan fingerprint density at radius 1 is 1.31 bits per heavy atom. The van der Waals surface area contributed by atoms with Gasteiger partial charge in [-0.05, 0) is 36.1 Å². The summed E-state index contributed by atoms with van der Waals surface area (Å²) in [6.45, 7) is 2.72. The van der Waals surface area contributed by atoms with Crippen molar-refractivity contribution < 1.29 is 19.1 Å². The molecule has 136 valence electrons. The van der Waals surface area contributed by atoms with E-state index in [4.69, 9.17) is 15.0 Å². The second-order valence-electron chi connectivity index (χ2n) is 5.46. The average Bonchev–Trinajstić information content (AvgIpc) is 2.66. The summed E-state index contributed by atoms with van der Waals surface area (Å²) in [6.07, 6.45) is 2.69. The molecule has 0 aromatic heterocycles. The number of rotatable bonds is 6. The summed E-state index contributed by atoms with van der Waals surface area (Å²) in [4.78, 5) is 28.1. The van der Waals surface area contributed by atoms with Crippen LogP contribution < -0.4 is 0 Å². The number of amides is 1. The van der Waals surface area contributed by atoms with Crippen LogP contribution in [0, 0.1) is 0 Å². The number of azide groups is 1. The molecule has 1 aliphatic heterocycles. The highest BCUT2D eigenvalue weighted by molar-refractivity contribution is 5.82. The van der Waals surface area contributed by atoms with E-state index in [-0.39, 0.29) is 19.8 Å². The first kappa shape index (κ1) is 19.1. The van der Waals surface area contributed by atoms with E-state index in [0.717, 1.165) is 5.56 Å². The summed E-state index contributed by atoms with van der Waals surface area (Å²) in [5.41, 5.74) is 10.7. The molecule has 1 aliphatic rings. The van der Waals surface area contributed by atoms with E-state index in [1.165, 1.54) is 17.1 Å². The van der Waals surface area contributed by atoms with E-state index < -0.39 is 12.1 Å². The van der Waals surface area contributed by atoms with Crippen molar-refractivity contribution in [2.45, 2.75) is 20.0 Å². The van der Waals surface area contributed by atoms with Crippen molar-refractivity contribution in [1.82, 2.24) is 4.90 Å². The molecule has 0 aliphatic carbocycles. The molecule has 0 saturated heterocycles. The van der Waals surface area contributed by atoms with Gasteiger partial charge in [0.2, 0.25) is 0 Å². The van der Waals surface area contributed by atoms with Crippen LogP contribution in [0.3, 0.4) is 0 Å². The molecule has 0 radical (unpaired) electrons. The number of ether oxygens (including phenoxy) is 2. The maximum Gasteiger partial charge on any atom is 0.410 e. The van der Waals surface area contributed by atoms with Gasteiger partial charge in [-0.25, -0.2) is 9.59 Å². The summed E-state index contributed by atoms with van der Waals surface area (Å²) in [6, 6.07) is 9.38. The summed E-state index contributed by atoms with van der Waals surface area (Å²) in [5, 5.41) is 3.65. The molecule has 1 amide bonds. The minimum Gasteiger partial charge on any atom is -0.463 e. The lowest BCUT2D eigenvalue weighted by Gasteiger charge is -2.27. The zero-order chi connectivity index (χ0) is 18.8. The van der Waals surface area contributed by atoms with Crippen LogP contribution in [-0.2, 0) is 20.9 Å². The van der Waals surface area contributed by atoms with Crippen molar-refractivity contribution in [1.29, 1.82) is 0 Å². The van der Waals surface area contributed by atoms with Crippen molar-refractivity contribution in [2.24, 2.45) is 5.11 Å². The number of hydrogen-bond donors (Lipinski definition) is 0. The molecule has 0 fully saturated rings. The maximum atomic E-state index is 12.3. The number of hydrogen-bond acceptors (Lipinski definition) is 5. The Labute approximate surface area is 151 Å². The standard InChI is InChI=1S/C18H20N4O4/c1-2-25-17(23)9-8-15-12-22(11-10-16(15)20-21-19)18(24)26-13-14-6-4-3-5-7-14/h3-9H,2,10-13H2,1H3. The molecule has 1 heterocycles. The fourth-order valence-electron chi connectivity index (χ4n) is 2.42. The van der Waals surface area contributed by atoms with Crippen molar-refractivity contribution in [2.75, 3.05) is 19.7 Å². The van der Waals surface area contributed by atoms with Gasteiger partial charge in [0.15, 0.2) is 0 Å². The van der Waals surface area contributed by atoms with Crippen LogP contribution in [0.15, 0.2) is 58.9 Å². The molecule has 0 atom stereocenters. The van der Waals surface area contributed by atoms with Gasteiger partial charge in [-0.1, -0.05) is 35.4 Å². The first-order valence-corrected chi connectivity index (χ1v) is 8.21. The Kier molecular flexibility index (Phi) is 7.27. The topological polar surface area (TPSA) is 105 Å². The van der Waals surface area contributed by atoms with Gasteiger partial charge in [-0.3, -0.25) is 0 Å². The van der Waals surface area contributed by atoms with E-state index in [0.29, 0.717) is 24.2 Å². The van der Waals surface area contributed by atoms with Gasteiger partial charge >= 0.3 is 12.1 Å². The summed E-state index contributed by atoms with van der Waals surface area (Å²) in [7, 11) is 0. The molecule has 0 N–H and O–H groups in total. The molecule has 0 spiro atoms. The largest absolute Gasteiger partial charge is 0.463 e. The van der Waals surface area contributed by atoms with Crippen LogP contribution in [0.4, 0.5) is 4.79 Å². The zero-order valence-corrected chi connectivity index (χ0v) is 14.5. The monoisotopic (exact) mass is 356 g/mol. The van der Waals surface area contributed by atoms with Crippen LogP contribution >= 0.6 is 0 Å². The third kappa shape index (κ3) is 5.68. The van der Waals surface area contributed by atoms with E-state index in [1.54, 1.807) is 6.92 Å². The quantitative estimate of drug-likeness (QED) is 0.255. The van der Waals surface area contributed by atoms with Crippen LogP contribution in [0.1, 0.15) is 18.9 Å². The predicted molar refractivity (Wildman–Crippen MR) is 94.8 cm³/mol. The van der Waals surface area contributed by atoms with Crippen LogP contribution in [0.5, 0.6) is 0 Å². The second kappa shape index (κ2) is 9.90. The van der Waals surface area contributed by atoms with E-state index in [2.05, 4.69) is 10.0 Å². The third-order valence-corrected chi connectivity index (χ3v) is 3.69. The first-order chi connectivity index (χ1) is 12.6. The van der Waals surface area contributed by atoms with Crippen LogP contribution in [0.25, 0.3) is 10.4 Å². The SMILES string of the molecule is CCOC(=O)C=CC1=C(N=[N+]=[N-])CCN(C(=O)OCc2ccccc2)C1. The summed E-state index contributed by atoms with van der Waals surface area (Å²) >= 11 is 0. The highest BCUT2D eigenvalue weighted by Gasteiger charge is 2.22. The smallest absolute Gasteiger partial charge is 0.410 e. The predicted octanol–water partition coefficient (Wildman–Crippen LogP) is 3.71. The highest BCUT2D eigenvalue weighted by atomic mass is 16.6. The molecule has 26 heavy (non-hydrogen) atoms. The van der Waals surface area contributed by atoms with Gasteiger partial charge in [0.05, 0.1) is 6.61 Å². The zero-order valence-electron chi connectivity index (χ0n) is 14.5. The number of carbonyl (C=O) groups excluding carboxylic acids is 2. The molecule has 1 aromatic rings. The highest BCUT2D eigenvalue weighted by Crippen LogP contribution is 2.21. The Balaban J connectivity index is 2.02. The fourth-order valence-corrected chi connectivity index (χ4v) is 2.42. The van der Waals surface area contributed by atoms with Gasteiger partial charge in [0.1, 0.15) is 6.61 Å². The van der Waals surface area contributed by atoms with Crippen molar-refractivity contribution in [3.05, 3.63) is 69.8 Å². The van der Waals surface area contributed by atoms with E-state index in [9.17, 15) is 9.59 Å². The molecule has 8 nitrogen and oxygen atoms in total. The molecule has 1 aromatic carbocycles. The first-order valence-electron chi connectivity index (χ1n) is 8.21. The van der Waals surface area contributed by atoms with Gasteiger partial charge in [-0.2, -0.15) is 0 Å². The minimum absolute atomic E-state index is 0.178. The Morgan fingerprint density at radius 3 is 2.77 bits per heavy atom. The maximum absolute atomic E-state index is 12.3. The lowest BCUT2D eigenvalue weighted by molar-refractivity contribution is -0.137. The molecule has 8 heteroatoms. The Bertz CT molecular complexity index is 752. The van der Waals surface area contributed by atoms with Gasteiger partial charge in [0.25, 0.3) is 0 Å². The lowest BCUT2D eigenvalue weighted by atomic mass is 10.1. The lowest BCUT2D eigenvalue weighted by Crippen LogP contribution is -2.37. The molecular formula is C18H20N4O4. The summed E-state index contributed by atoms with van der Waals surface area (Å²) in [5.74, 6) is -0.496. The normalized spacial score (nSPS) is 14.1. The van der Waals surface area contributed by atoms with Crippen LogP contribution in [-0.4, -0.2) is 36.7 Å². The van der Waals surface area contributed by atoms with Crippen molar-refractivity contribution in [3.8, 4) is 0 Å². The number of benzene rings is 1. The fraction of sp³-hybridized carbons (Fsp3) is 0.333. The van der Waals surface area contributed by atoms with Crippen molar-refractivity contribution in [3.63, 3.8) is 0 Å². The van der Waals surface area contributed by atoms with Gasteiger partial charge in [-0.15, -0.1) is 0 Å². The molecule has 0 bridgehead atoms. The van der Waals surface area contributed by atoms with E-state index >= 15 is 0 Å².